The lowest BCUT2D eigenvalue weighted by Crippen LogP contribution is -2.11. The van der Waals surface area contributed by atoms with Crippen LogP contribution in [0.1, 0.15) is 32.2 Å². The van der Waals surface area contributed by atoms with Crippen LogP contribution in [0.25, 0.3) is 0 Å². The van der Waals surface area contributed by atoms with Crippen LogP contribution in [-0.4, -0.2) is 20.0 Å². The predicted molar refractivity (Wildman–Crippen MR) is 64.4 cm³/mol. The average molecular weight is 237 g/mol. The molecule has 2 aromatic rings. The summed E-state index contributed by atoms with van der Waals surface area (Å²) in [6, 6.07) is 0. The van der Waals surface area contributed by atoms with Crippen LogP contribution in [0, 0.1) is 0 Å². The van der Waals surface area contributed by atoms with Crippen molar-refractivity contribution in [1.82, 2.24) is 20.0 Å². The highest BCUT2D eigenvalue weighted by Gasteiger charge is 2.17. The summed E-state index contributed by atoms with van der Waals surface area (Å²) in [5.74, 6) is 0. The summed E-state index contributed by atoms with van der Waals surface area (Å²) in [4.78, 5) is 4.19. The van der Waals surface area contributed by atoms with E-state index < -0.39 is 0 Å². The van der Waals surface area contributed by atoms with E-state index in [-0.39, 0.29) is 5.41 Å². The molecule has 2 rings (SSSR count). The number of anilines is 1. The Morgan fingerprint density at radius 1 is 1.44 bits per heavy atom. The number of nitrogens with two attached hydrogens (primary N) is 1. The Labute approximate surface area is 98.3 Å². The molecule has 0 spiro atoms. The van der Waals surface area contributed by atoms with Crippen molar-refractivity contribution in [2.75, 3.05) is 5.73 Å². The predicted octanol–water partition coefficient (Wildman–Crippen LogP) is 1.66. The molecule has 0 aromatic carbocycles. The molecule has 0 aliphatic heterocycles. The Morgan fingerprint density at radius 3 is 2.69 bits per heavy atom. The summed E-state index contributed by atoms with van der Waals surface area (Å²) in [5, 5.41) is 10.8. The number of hydrogen-bond donors (Lipinski definition) is 1. The Morgan fingerprint density at radius 2 is 2.19 bits per heavy atom. The largest absolute Gasteiger partial charge is 0.375 e. The maximum absolute atomic E-state index is 5.57. The van der Waals surface area contributed by atoms with Crippen molar-refractivity contribution in [2.24, 2.45) is 0 Å². The second kappa shape index (κ2) is 3.86. The van der Waals surface area contributed by atoms with E-state index in [9.17, 15) is 0 Å². The van der Waals surface area contributed by atoms with Crippen molar-refractivity contribution < 1.29 is 0 Å². The molecule has 0 radical (unpaired) electrons. The molecular weight excluding hydrogens is 222 g/mol. The second-order valence-corrected chi connectivity index (χ2v) is 5.62. The third-order valence-electron chi connectivity index (χ3n) is 2.20. The van der Waals surface area contributed by atoms with Crippen LogP contribution in [0.5, 0.6) is 0 Å². The average Bonchev–Trinajstić information content (AvgIpc) is 2.74. The molecule has 16 heavy (non-hydrogen) atoms. The minimum absolute atomic E-state index is 0.0271. The molecule has 86 valence electrons. The number of thiazole rings is 1. The van der Waals surface area contributed by atoms with Crippen molar-refractivity contribution in [3.05, 3.63) is 23.0 Å². The number of nitrogens with zero attached hydrogens (tertiary/aromatic N) is 4. The van der Waals surface area contributed by atoms with Gasteiger partial charge in [0.1, 0.15) is 0 Å². The first-order valence-electron chi connectivity index (χ1n) is 5.05. The summed E-state index contributed by atoms with van der Waals surface area (Å²) < 4.78 is 1.79. The Kier molecular flexibility index (Phi) is 2.67. The quantitative estimate of drug-likeness (QED) is 0.862. The Bertz CT molecular complexity index is 479. The van der Waals surface area contributed by atoms with Gasteiger partial charge in [-0.2, -0.15) is 0 Å². The van der Waals surface area contributed by atoms with E-state index in [1.165, 1.54) is 11.3 Å². The van der Waals surface area contributed by atoms with Crippen LogP contribution in [0.3, 0.4) is 0 Å². The van der Waals surface area contributed by atoms with Gasteiger partial charge >= 0.3 is 0 Å². The first kappa shape index (κ1) is 11.1. The number of aromatic nitrogens is 4. The highest BCUT2D eigenvalue weighted by molar-refractivity contribution is 7.13. The molecule has 2 aromatic heterocycles. The summed E-state index contributed by atoms with van der Waals surface area (Å²) in [6.07, 6.45) is 1.95. The first-order chi connectivity index (χ1) is 7.45. The minimum atomic E-state index is 0.0271. The fourth-order valence-electron chi connectivity index (χ4n) is 1.28. The van der Waals surface area contributed by atoms with E-state index in [2.05, 4.69) is 36.1 Å². The number of hydrogen-bond acceptors (Lipinski definition) is 5. The van der Waals surface area contributed by atoms with Crippen molar-refractivity contribution in [3.8, 4) is 0 Å². The molecular formula is C10H15N5S. The van der Waals surface area contributed by atoms with Gasteiger partial charge < -0.3 is 5.73 Å². The smallest absolute Gasteiger partial charge is 0.180 e. The third kappa shape index (κ3) is 2.38. The highest BCUT2D eigenvalue weighted by Crippen LogP contribution is 2.19. The molecule has 0 atom stereocenters. The third-order valence-corrected chi connectivity index (χ3v) is 2.92. The molecule has 0 bridgehead atoms. The molecule has 0 amide bonds. The van der Waals surface area contributed by atoms with Gasteiger partial charge in [-0.3, -0.25) is 0 Å². The molecule has 0 unspecified atom stereocenters. The van der Waals surface area contributed by atoms with E-state index >= 15 is 0 Å². The van der Waals surface area contributed by atoms with E-state index in [4.69, 9.17) is 5.73 Å². The zero-order chi connectivity index (χ0) is 11.8. The zero-order valence-corrected chi connectivity index (χ0v) is 10.5. The standard InChI is InChI=1S/C10H15N5S/c1-10(2,3)8-5-15(14-13-8)4-7-6-16-9(11)12-7/h5-6H,4H2,1-3H3,(H2,11,12). The SMILES string of the molecule is CC(C)(C)c1cn(Cc2csc(N)n2)nn1. The van der Waals surface area contributed by atoms with E-state index in [0.717, 1.165) is 11.4 Å². The molecule has 0 fully saturated rings. The van der Waals surface area contributed by atoms with Gasteiger partial charge in [-0.25, -0.2) is 9.67 Å². The van der Waals surface area contributed by atoms with Gasteiger partial charge in [-0.15, -0.1) is 16.4 Å². The van der Waals surface area contributed by atoms with Crippen molar-refractivity contribution in [1.29, 1.82) is 0 Å². The van der Waals surface area contributed by atoms with Gasteiger partial charge in [-0.1, -0.05) is 26.0 Å². The molecule has 2 heterocycles. The monoisotopic (exact) mass is 237 g/mol. The summed E-state index contributed by atoms with van der Waals surface area (Å²) in [7, 11) is 0. The summed E-state index contributed by atoms with van der Waals surface area (Å²) in [6.45, 7) is 6.96. The number of rotatable bonds is 2. The van der Waals surface area contributed by atoms with Crippen molar-refractivity contribution in [3.63, 3.8) is 0 Å². The van der Waals surface area contributed by atoms with Crippen molar-refractivity contribution >= 4 is 16.5 Å². The van der Waals surface area contributed by atoms with Gasteiger partial charge in [0.25, 0.3) is 0 Å². The van der Waals surface area contributed by atoms with E-state index in [1.54, 1.807) is 4.68 Å². The normalized spacial score (nSPS) is 11.9. The lowest BCUT2D eigenvalue weighted by molar-refractivity contribution is 0.566. The van der Waals surface area contributed by atoms with Gasteiger partial charge in [-0.05, 0) is 0 Å². The molecule has 0 aliphatic carbocycles. The zero-order valence-electron chi connectivity index (χ0n) is 9.64. The van der Waals surface area contributed by atoms with Crippen LogP contribution in [0.2, 0.25) is 0 Å². The first-order valence-corrected chi connectivity index (χ1v) is 5.93. The lowest BCUT2D eigenvalue weighted by atomic mass is 9.93. The fourth-order valence-corrected chi connectivity index (χ4v) is 1.83. The topological polar surface area (TPSA) is 69.6 Å². The van der Waals surface area contributed by atoms with Gasteiger partial charge in [0, 0.05) is 17.0 Å². The minimum Gasteiger partial charge on any atom is -0.375 e. The van der Waals surface area contributed by atoms with Crippen LogP contribution < -0.4 is 5.73 Å². The summed E-state index contributed by atoms with van der Waals surface area (Å²) in [5.41, 5.74) is 7.50. The highest BCUT2D eigenvalue weighted by atomic mass is 32.1. The van der Waals surface area contributed by atoms with Crippen LogP contribution in [-0.2, 0) is 12.0 Å². The maximum atomic E-state index is 5.57. The molecule has 0 saturated heterocycles. The van der Waals surface area contributed by atoms with E-state index in [1.807, 2.05) is 11.6 Å². The number of nitrogen functional groups attached to an aromatic ring is 1. The van der Waals surface area contributed by atoms with Crippen LogP contribution in [0.4, 0.5) is 5.13 Å². The molecule has 5 nitrogen and oxygen atoms in total. The lowest BCUT2D eigenvalue weighted by Gasteiger charge is -2.12. The Hall–Kier alpha value is -1.43. The molecule has 6 heteroatoms. The van der Waals surface area contributed by atoms with Crippen molar-refractivity contribution in [2.45, 2.75) is 32.7 Å². The molecule has 0 aliphatic rings. The van der Waals surface area contributed by atoms with Crippen LogP contribution >= 0.6 is 11.3 Å². The van der Waals surface area contributed by atoms with Gasteiger partial charge in [0.05, 0.1) is 17.9 Å². The van der Waals surface area contributed by atoms with Gasteiger partial charge in [0.2, 0.25) is 0 Å². The van der Waals surface area contributed by atoms with E-state index in [0.29, 0.717) is 11.7 Å². The summed E-state index contributed by atoms with van der Waals surface area (Å²) >= 11 is 1.44. The molecule has 0 saturated carbocycles. The Balaban J connectivity index is 2.14. The van der Waals surface area contributed by atoms with Crippen LogP contribution in [0.15, 0.2) is 11.6 Å². The maximum Gasteiger partial charge on any atom is 0.180 e. The fraction of sp³-hybridized carbons (Fsp3) is 0.500. The molecule has 2 N–H and O–H groups in total. The second-order valence-electron chi connectivity index (χ2n) is 4.73. The van der Waals surface area contributed by atoms with Gasteiger partial charge in [0.15, 0.2) is 5.13 Å².